The number of nitrogens with zero attached hydrogens (tertiary/aromatic N) is 1. The predicted molar refractivity (Wildman–Crippen MR) is 101 cm³/mol. The number of hydrogen-bond acceptors (Lipinski definition) is 5. The first-order chi connectivity index (χ1) is 13.2. The van der Waals surface area contributed by atoms with Gasteiger partial charge >= 0.3 is 0 Å². The van der Waals surface area contributed by atoms with Gasteiger partial charge in [-0.05, 0) is 55.3 Å². The number of sulfonamides is 1. The first kappa shape index (κ1) is 19.8. The maximum Gasteiger partial charge on any atom is 0.264 e. The van der Waals surface area contributed by atoms with Crippen LogP contribution < -0.4 is 4.72 Å². The first-order valence-corrected chi connectivity index (χ1v) is 10.1. The highest BCUT2D eigenvalue weighted by atomic mass is 32.2. The number of rotatable bonds is 6. The molecule has 3 rings (SSSR count). The molecular weight excluding hydrogens is 383 g/mol. The molecule has 0 spiro atoms. The number of aryl methyl sites for hydroxylation is 3. The van der Waals surface area contributed by atoms with E-state index in [9.17, 15) is 17.6 Å². The van der Waals surface area contributed by atoms with Crippen LogP contribution in [0.15, 0.2) is 58.0 Å². The number of amides is 1. The van der Waals surface area contributed by atoms with Gasteiger partial charge in [0.05, 0.1) is 11.1 Å². The van der Waals surface area contributed by atoms with E-state index in [0.29, 0.717) is 11.7 Å². The van der Waals surface area contributed by atoms with Crippen LogP contribution in [-0.4, -0.2) is 19.3 Å². The fourth-order valence-electron chi connectivity index (χ4n) is 2.55. The highest BCUT2D eigenvalue weighted by molar-refractivity contribution is 7.90. The molecule has 0 radical (unpaired) electrons. The van der Waals surface area contributed by atoms with Gasteiger partial charge in [0.25, 0.3) is 10.0 Å². The summed E-state index contributed by atoms with van der Waals surface area (Å²) in [5, 5.41) is 0. The van der Waals surface area contributed by atoms with Gasteiger partial charge < -0.3 is 4.42 Å². The zero-order valence-corrected chi connectivity index (χ0v) is 16.2. The highest BCUT2D eigenvalue weighted by Gasteiger charge is 2.18. The monoisotopic (exact) mass is 402 g/mol. The topological polar surface area (TPSA) is 89.3 Å². The largest absolute Gasteiger partial charge is 0.441 e. The third-order valence-electron chi connectivity index (χ3n) is 4.28. The van der Waals surface area contributed by atoms with Crippen molar-refractivity contribution in [1.29, 1.82) is 0 Å². The zero-order chi connectivity index (χ0) is 20.3. The van der Waals surface area contributed by atoms with Gasteiger partial charge in [-0.2, -0.15) is 0 Å². The second kappa shape index (κ2) is 7.93. The summed E-state index contributed by atoms with van der Waals surface area (Å²) < 4.78 is 44.8. The molecule has 1 aromatic heterocycles. The minimum absolute atomic E-state index is 0.118. The van der Waals surface area contributed by atoms with Crippen LogP contribution >= 0.6 is 0 Å². The molecule has 0 bridgehead atoms. The number of nitrogens with one attached hydrogen (secondary N) is 1. The molecule has 0 saturated heterocycles. The molecular formula is C20H19FN2O4S. The SMILES string of the molecule is Cc1ccc(-c2cnc(CCC(=O)NS(=O)(=O)c3ccc(F)cc3)o2)cc1C. The van der Waals surface area contributed by atoms with Gasteiger partial charge in [-0.3, -0.25) is 4.79 Å². The molecule has 0 atom stereocenters. The quantitative estimate of drug-likeness (QED) is 0.681. The summed E-state index contributed by atoms with van der Waals surface area (Å²) in [4.78, 5) is 16.0. The molecule has 0 unspecified atom stereocenters. The van der Waals surface area contributed by atoms with Crippen molar-refractivity contribution in [2.24, 2.45) is 0 Å². The van der Waals surface area contributed by atoms with Crippen molar-refractivity contribution >= 4 is 15.9 Å². The standard InChI is InChI=1S/C20H19FN2O4S/c1-13-3-4-15(11-14(13)2)18-12-22-20(27-18)10-9-19(24)23-28(25,26)17-7-5-16(21)6-8-17/h3-8,11-12H,9-10H2,1-2H3,(H,23,24). The molecule has 0 saturated carbocycles. The number of benzene rings is 2. The number of carbonyl (C=O) groups is 1. The van der Waals surface area contributed by atoms with E-state index in [4.69, 9.17) is 4.42 Å². The smallest absolute Gasteiger partial charge is 0.264 e. The molecule has 28 heavy (non-hydrogen) atoms. The summed E-state index contributed by atoms with van der Waals surface area (Å²) in [5.41, 5.74) is 3.17. The minimum atomic E-state index is -4.04. The van der Waals surface area contributed by atoms with Crippen molar-refractivity contribution < 1.29 is 22.0 Å². The molecule has 0 fully saturated rings. The lowest BCUT2D eigenvalue weighted by molar-refractivity contribution is -0.119. The van der Waals surface area contributed by atoms with Crippen molar-refractivity contribution in [2.45, 2.75) is 31.6 Å². The molecule has 1 heterocycles. The van der Waals surface area contributed by atoms with Gasteiger partial charge in [0.15, 0.2) is 11.7 Å². The summed E-state index contributed by atoms with van der Waals surface area (Å²) in [7, 11) is -4.04. The highest BCUT2D eigenvalue weighted by Crippen LogP contribution is 2.23. The Balaban J connectivity index is 1.61. The van der Waals surface area contributed by atoms with Crippen LogP contribution in [0, 0.1) is 19.7 Å². The second-order valence-corrected chi connectivity index (χ2v) is 8.08. The molecule has 0 aliphatic carbocycles. The lowest BCUT2D eigenvalue weighted by Gasteiger charge is -2.06. The van der Waals surface area contributed by atoms with E-state index >= 15 is 0 Å². The summed E-state index contributed by atoms with van der Waals surface area (Å²) in [6, 6.07) is 10.1. The van der Waals surface area contributed by atoms with E-state index in [0.717, 1.165) is 35.4 Å². The first-order valence-electron chi connectivity index (χ1n) is 8.58. The van der Waals surface area contributed by atoms with Gasteiger partial charge in [-0.1, -0.05) is 12.1 Å². The molecule has 3 aromatic rings. The summed E-state index contributed by atoms with van der Waals surface area (Å²) in [6.45, 7) is 4.02. The Morgan fingerprint density at radius 3 is 2.50 bits per heavy atom. The van der Waals surface area contributed by atoms with Crippen molar-refractivity contribution in [2.75, 3.05) is 0 Å². The number of halogens is 1. The lowest BCUT2D eigenvalue weighted by atomic mass is 10.1. The van der Waals surface area contributed by atoms with Crippen LogP contribution in [0.25, 0.3) is 11.3 Å². The second-order valence-electron chi connectivity index (χ2n) is 6.40. The molecule has 0 aliphatic rings. The van der Waals surface area contributed by atoms with Gasteiger partial charge in [-0.15, -0.1) is 0 Å². The van der Waals surface area contributed by atoms with Crippen LogP contribution in [0.1, 0.15) is 23.4 Å². The third-order valence-corrected chi connectivity index (χ3v) is 5.67. The van der Waals surface area contributed by atoms with Crippen LogP contribution in [-0.2, 0) is 21.2 Å². The van der Waals surface area contributed by atoms with E-state index < -0.39 is 21.7 Å². The van der Waals surface area contributed by atoms with Gasteiger partial charge in [0.1, 0.15) is 5.82 Å². The Morgan fingerprint density at radius 2 is 1.82 bits per heavy atom. The van der Waals surface area contributed by atoms with E-state index in [1.807, 2.05) is 36.8 Å². The Morgan fingerprint density at radius 1 is 1.11 bits per heavy atom. The maximum absolute atomic E-state index is 12.9. The summed E-state index contributed by atoms with van der Waals surface area (Å²) >= 11 is 0. The summed E-state index contributed by atoms with van der Waals surface area (Å²) in [5.74, 6) is -0.344. The number of aromatic nitrogens is 1. The van der Waals surface area contributed by atoms with Crippen molar-refractivity contribution in [3.63, 3.8) is 0 Å². The average Bonchev–Trinajstić information content (AvgIpc) is 3.11. The van der Waals surface area contributed by atoms with E-state index in [1.165, 1.54) is 5.56 Å². The Hall–Kier alpha value is -3.00. The zero-order valence-electron chi connectivity index (χ0n) is 15.4. The Bertz CT molecular complexity index is 1110. The van der Waals surface area contributed by atoms with Crippen molar-refractivity contribution in [1.82, 2.24) is 9.71 Å². The van der Waals surface area contributed by atoms with E-state index in [1.54, 1.807) is 6.20 Å². The number of oxazole rings is 1. The van der Waals surface area contributed by atoms with Crippen molar-refractivity contribution in [3.8, 4) is 11.3 Å². The van der Waals surface area contributed by atoms with Gasteiger partial charge in [0.2, 0.25) is 5.91 Å². The van der Waals surface area contributed by atoms with E-state index in [-0.39, 0.29) is 17.7 Å². The van der Waals surface area contributed by atoms with Crippen LogP contribution in [0.2, 0.25) is 0 Å². The predicted octanol–water partition coefficient (Wildman–Crippen LogP) is 3.54. The molecule has 1 N–H and O–H groups in total. The molecule has 1 amide bonds. The average molecular weight is 402 g/mol. The molecule has 0 aliphatic heterocycles. The van der Waals surface area contributed by atoms with Crippen molar-refractivity contribution in [3.05, 3.63) is 71.5 Å². The number of carbonyl (C=O) groups excluding carboxylic acids is 1. The maximum atomic E-state index is 12.9. The van der Waals surface area contributed by atoms with Gasteiger partial charge in [-0.25, -0.2) is 22.5 Å². The summed E-state index contributed by atoms with van der Waals surface area (Å²) in [6.07, 6.45) is 1.61. The van der Waals surface area contributed by atoms with Crippen LogP contribution in [0.3, 0.4) is 0 Å². The van der Waals surface area contributed by atoms with Gasteiger partial charge in [0, 0.05) is 18.4 Å². The molecule has 6 nitrogen and oxygen atoms in total. The lowest BCUT2D eigenvalue weighted by Crippen LogP contribution is -2.30. The third kappa shape index (κ3) is 4.64. The van der Waals surface area contributed by atoms with Crippen LogP contribution in [0.4, 0.5) is 4.39 Å². The molecule has 2 aromatic carbocycles. The normalized spacial score (nSPS) is 11.4. The molecule has 146 valence electrons. The fourth-order valence-corrected chi connectivity index (χ4v) is 3.56. The molecule has 8 heteroatoms. The minimum Gasteiger partial charge on any atom is -0.441 e. The fraction of sp³-hybridized carbons (Fsp3) is 0.200. The Labute approximate surface area is 162 Å². The Kier molecular flexibility index (Phi) is 5.60. The van der Waals surface area contributed by atoms with Crippen LogP contribution in [0.5, 0.6) is 0 Å². The van der Waals surface area contributed by atoms with E-state index in [2.05, 4.69) is 4.98 Å². The number of hydrogen-bond donors (Lipinski definition) is 1.